The maximum Gasteiger partial charge on any atom is 1.00 e. The second-order valence-electron chi connectivity index (χ2n) is 3.75. The Morgan fingerprint density at radius 2 is 1.60 bits per heavy atom. The summed E-state index contributed by atoms with van der Waals surface area (Å²) in [5, 5.41) is 1.53. The van der Waals surface area contributed by atoms with Crippen LogP contribution in [0.2, 0.25) is 0 Å². The smallest absolute Gasteiger partial charge is 0.185 e. The van der Waals surface area contributed by atoms with E-state index in [0.29, 0.717) is 0 Å². The minimum absolute atomic E-state index is 0. The van der Waals surface area contributed by atoms with E-state index in [4.69, 9.17) is 0 Å². The van der Waals surface area contributed by atoms with Crippen molar-refractivity contribution in [1.29, 1.82) is 0 Å². The second kappa shape index (κ2) is 6.20. The van der Waals surface area contributed by atoms with Gasteiger partial charge in [-0.3, -0.25) is 0 Å². The van der Waals surface area contributed by atoms with E-state index in [-0.39, 0.29) is 18.9 Å². The van der Waals surface area contributed by atoms with E-state index < -0.39 is 0 Å². The average Bonchev–Trinajstić information content (AvgIpc) is 2.18. The molecule has 1 aliphatic rings. The van der Waals surface area contributed by atoms with Crippen molar-refractivity contribution in [2.45, 2.75) is 30.8 Å². The van der Waals surface area contributed by atoms with Crippen LogP contribution in [0.25, 0.3) is 0 Å². The van der Waals surface area contributed by atoms with E-state index in [2.05, 4.69) is 44.2 Å². The molecule has 0 bridgehead atoms. The van der Waals surface area contributed by atoms with Crippen molar-refractivity contribution in [1.82, 2.24) is 0 Å². The van der Waals surface area contributed by atoms with Gasteiger partial charge in [0.25, 0.3) is 0 Å². The molecule has 1 aliphatic heterocycles. The van der Waals surface area contributed by atoms with Crippen molar-refractivity contribution in [3.63, 3.8) is 0 Å². The van der Waals surface area contributed by atoms with Gasteiger partial charge in [0.2, 0.25) is 0 Å². The summed E-state index contributed by atoms with van der Waals surface area (Å²) in [5.74, 6) is 0. The molecule has 1 aromatic carbocycles. The summed E-state index contributed by atoms with van der Waals surface area (Å²) in [6.07, 6.45) is 1.33. The number of hydrogen-bond acceptors (Lipinski definition) is 2. The number of thioether (sulfide) groups is 2. The van der Waals surface area contributed by atoms with Crippen LogP contribution >= 0.6 is 23.5 Å². The topological polar surface area (TPSA) is 0 Å². The van der Waals surface area contributed by atoms with Crippen LogP contribution in [0.5, 0.6) is 0 Å². The van der Waals surface area contributed by atoms with Crippen molar-refractivity contribution in [3.05, 3.63) is 40.5 Å². The fourth-order valence-electron chi connectivity index (χ4n) is 1.67. The van der Waals surface area contributed by atoms with Crippen LogP contribution in [0, 0.1) is 4.58 Å². The van der Waals surface area contributed by atoms with Crippen LogP contribution in [-0.2, 0) is 0 Å². The molecule has 1 aromatic rings. The summed E-state index contributed by atoms with van der Waals surface area (Å²) < 4.78 is 1.50. The average molecular weight is 230 g/mol. The molecule has 1 saturated heterocycles. The van der Waals surface area contributed by atoms with Gasteiger partial charge < -0.3 is 0 Å². The van der Waals surface area contributed by atoms with Crippen molar-refractivity contribution in [2.75, 3.05) is 0 Å². The predicted molar refractivity (Wildman–Crippen MR) is 67.5 cm³/mol. The van der Waals surface area contributed by atoms with Gasteiger partial charge in [-0.05, 0) is 16.9 Å². The molecule has 0 spiro atoms. The normalized spacial score (nSPS) is 25.9. The summed E-state index contributed by atoms with van der Waals surface area (Å²) >= 11 is 4.05. The largest absolute Gasteiger partial charge is 1.00 e. The fourth-order valence-corrected chi connectivity index (χ4v) is 5.04. The van der Waals surface area contributed by atoms with Crippen LogP contribution in [0.15, 0.2) is 30.3 Å². The molecule has 76 valence electrons. The van der Waals surface area contributed by atoms with Gasteiger partial charge in [-0.15, -0.1) is 12.1 Å². The Morgan fingerprint density at radius 3 is 2.13 bits per heavy atom. The predicted octanol–water partition coefficient (Wildman–Crippen LogP) is 1.18. The Balaban J connectivity index is 0.00000112. The molecule has 0 unspecified atom stereocenters. The van der Waals surface area contributed by atoms with Gasteiger partial charge in [-0.1, -0.05) is 24.5 Å². The van der Waals surface area contributed by atoms with Crippen molar-refractivity contribution in [3.8, 4) is 0 Å². The zero-order valence-electron chi connectivity index (χ0n) is 9.57. The van der Waals surface area contributed by atoms with Crippen LogP contribution in [0.1, 0.15) is 25.8 Å². The van der Waals surface area contributed by atoms with Crippen molar-refractivity contribution in [2.24, 2.45) is 0 Å². The summed E-state index contributed by atoms with van der Waals surface area (Å²) in [6, 6.07) is 10.7. The minimum Gasteiger partial charge on any atom is -0.185 e. The first kappa shape index (κ1) is 13.5. The van der Waals surface area contributed by atoms with Crippen LogP contribution in [0.4, 0.5) is 0 Å². The molecule has 0 saturated carbocycles. The first-order chi connectivity index (χ1) is 6.75. The Morgan fingerprint density at radius 1 is 1.07 bits per heavy atom. The van der Waals surface area contributed by atoms with Gasteiger partial charge in [-0.25, -0.2) is 0 Å². The maximum atomic E-state index is 2.32. The molecule has 0 aliphatic carbocycles. The molecular formula is C12H15LiS2. The Kier molecular flexibility index (Phi) is 5.56. The van der Waals surface area contributed by atoms with Gasteiger partial charge in [-0.2, -0.15) is 41.2 Å². The quantitative estimate of drug-likeness (QED) is 0.525. The molecule has 1 fully saturated rings. The van der Waals surface area contributed by atoms with E-state index >= 15 is 0 Å². The van der Waals surface area contributed by atoms with Crippen LogP contribution in [0.3, 0.4) is 0 Å². The fraction of sp³-hybridized carbons (Fsp3) is 0.417. The van der Waals surface area contributed by atoms with E-state index in [0.717, 1.165) is 10.5 Å². The van der Waals surface area contributed by atoms with Crippen LogP contribution < -0.4 is 18.9 Å². The molecular weight excluding hydrogens is 215 g/mol. The Labute approximate surface area is 113 Å². The van der Waals surface area contributed by atoms with Crippen LogP contribution in [-0.4, -0.2) is 10.5 Å². The van der Waals surface area contributed by atoms with Gasteiger partial charge in [0.05, 0.1) is 0 Å². The first-order valence-corrected chi connectivity index (χ1v) is 6.77. The van der Waals surface area contributed by atoms with Gasteiger partial charge >= 0.3 is 18.9 Å². The third kappa shape index (κ3) is 3.71. The van der Waals surface area contributed by atoms with Crippen molar-refractivity contribution < 1.29 is 18.9 Å². The second-order valence-corrected chi connectivity index (χ2v) is 6.90. The molecule has 0 nitrogen and oxygen atoms in total. The molecule has 0 radical (unpaired) electrons. The van der Waals surface area contributed by atoms with E-state index in [1.165, 1.54) is 16.6 Å². The summed E-state index contributed by atoms with van der Waals surface area (Å²) in [7, 11) is 0. The van der Waals surface area contributed by atoms with Gasteiger partial charge in [0.1, 0.15) is 0 Å². The molecule has 1 heterocycles. The number of rotatable bonds is 1. The Bertz CT molecular complexity index is 279. The zero-order valence-corrected chi connectivity index (χ0v) is 11.2. The molecule has 0 aromatic heterocycles. The van der Waals surface area contributed by atoms with Gasteiger partial charge in [0.15, 0.2) is 0 Å². The molecule has 2 rings (SSSR count). The molecule has 0 N–H and O–H groups in total. The zero-order chi connectivity index (χ0) is 9.97. The standard InChI is InChI=1S/C12H15S2.Li/c1-9-8-10(2)14-12(13-9)11-6-4-3-5-7-11;/h3-7,9-10H,8H2,1-2H3;/q-1;+1/t9-,10+;. The van der Waals surface area contributed by atoms with Crippen molar-refractivity contribution >= 4 is 23.5 Å². The maximum absolute atomic E-state index is 2.32. The van der Waals surface area contributed by atoms with E-state index in [9.17, 15) is 0 Å². The summed E-state index contributed by atoms with van der Waals surface area (Å²) in [5.41, 5.74) is 1.39. The number of benzene rings is 1. The molecule has 3 heteroatoms. The number of hydrogen-bond donors (Lipinski definition) is 0. The van der Waals surface area contributed by atoms with E-state index in [1.54, 1.807) is 0 Å². The monoisotopic (exact) mass is 230 g/mol. The van der Waals surface area contributed by atoms with Gasteiger partial charge in [0, 0.05) is 0 Å². The molecule has 2 atom stereocenters. The third-order valence-corrected chi connectivity index (χ3v) is 4.96. The third-order valence-electron chi connectivity index (χ3n) is 2.29. The minimum atomic E-state index is 0. The SMILES string of the molecule is C[C@@H]1C[C@H](C)S[C-](c2ccccc2)S1.[Li+]. The summed E-state index contributed by atoms with van der Waals surface area (Å²) in [4.78, 5) is 0. The Hall–Kier alpha value is 0.387. The first-order valence-electron chi connectivity index (χ1n) is 5.01. The molecule has 0 amide bonds. The molecule has 15 heavy (non-hydrogen) atoms. The van der Waals surface area contributed by atoms with E-state index in [1.807, 2.05) is 23.5 Å². The summed E-state index contributed by atoms with van der Waals surface area (Å²) in [6.45, 7) is 4.65.